The molecular weight excluding hydrogens is 419 g/mol. The molecule has 0 aliphatic rings. The number of hydrogen-bond donors (Lipinski definition) is 0. The molecule has 0 aliphatic carbocycles. The van der Waals surface area contributed by atoms with Gasteiger partial charge >= 0.3 is 6.18 Å². The minimum atomic E-state index is -4.40. The Bertz CT molecular complexity index is 1000. The van der Waals surface area contributed by atoms with Crippen molar-refractivity contribution in [2.24, 2.45) is 0 Å². The van der Waals surface area contributed by atoms with E-state index in [1.54, 1.807) is 6.07 Å². The lowest BCUT2D eigenvalue weighted by Crippen LogP contribution is -2.31. The number of aryl methyl sites for hydroxylation is 1. The minimum absolute atomic E-state index is 0.0000635. The van der Waals surface area contributed by atoms with Gasteiger partial charge in [-0.2, -0.15) is 13.2 Å². The molecule has 0 atom stereocenters. The van der Waals surface area contributed by atoms with Crippen molar-refractivity contribution in [3.8, 4) is 0 Å². The Balaban J connectivity index is 1.58. The number of carbonyl (C=O) groups excluding carboxylic acids is 1. The number of unbranched alkanes of at least 4 members (excludes halogenated alkanes) is 1. The molecule has 170 valence electrons. The summed E-state index contributed by atoms with van der Waals surface area (Å²) in [5.41, 5.74) is 0.781. The van der Waals surface area contributed by atoms with Crippen molar-refractivity contribution in [3.63, 3.8) is 0 Å². The molecule has 0 N–H and O–H groups in total. The average Bonchev–Trinajstić information content (AvgIpc) is 3.22. The van der Waals surface area contributed by atoms with Crippen LogP contribution in [0.1, 0.15) is 54.7 Å². The molecule has 0 spiro atoms. The number of alkyl halides is 3. The van der Waals surface area contributed by atoms with Gasteiger partial charge in [-0.15, -0.1) is 10.2 Å². The van der Waals surface area contributed by atoms with E-state index < -0.39 is 11.7 Å². The van der Waals surface area contributed by atoms with Crippen molar-refractivity contribution in [3.05, 3.63) is 83.1 Å². The van der Waals surface area contributed by atoms with Gasteiger partial charge in [-0.1, -0.05) is 61.9 Å². The number of halogens is 3. The van der Waals surface area contributed by atoms with Crippen LogP contribution >= 0.6 is 0 Å². The summed E-state index contributed by atoms with van der Waals surface area (Å²) in [5.74, 6) is 0.523. The predicted molar refractivity (Wildman–Crippen MR) is 114 cm³/mol. The lowest BCUT2D eigenvalue weighted by molar-refractivity contribution is -0.137. The van der Waals surface area contributed by atoms with Crippen LogP contribution in [0.25, 0.3) is 0 Å². The second-order valence-electron chi connectivity index (χ2n) is 7.62. The Morgan fingerprint density at radius 3 is 2.44 bits per heavy atom. The zero-order valence-electron chi connectivity index (χ0n) is 17.9. The number of hydrogen-bond acceptors (Lipinski definition) is 4. The van der Waals surface area contributed by atoms with Crippen molar-refractivity contribution in [1.82, 2.24) is 15.1 Å². The van der Waals surface area contributed by atoms with Crippen LogP contribution in [0, 0.1) is 0 Å². The Hall–Kier alpha value is -3.16. The number of amides is 1. The zero-order chi connectivity index (χ0) is 23.0. The van der Waals surface area contributed by atoms with Crippen LogP contribution in [-0.2, 0) is 30.4 Å². The molecule has 0 saturated carbocycles. The highest BCUT2D eigenvalue weighted by molar-refractivity contribution is 5.76. The van der Waals surface area contributed by atoms with Gasteiger partial charge < -0.3 is 9.32 Å². The van der Waals surface area contributed by atoms with Crippen LogP contribution in [-0.4, -0.2) is 27.5 Å². The summed E-state index contributed by atoms with van der Waals surface area (Å²) in [6.45, 7) is 3.30. The fourth-order valence-electron chi connectivity index (χ4n) is 3.31. The maximum atomic E-state index is 12.9. The number of nitrogens with zero attached hydrogens (tertiary/aromatic N) is 3. The molecular formula is C24H26F3N3O2. The second kappa shape index (κ2) is 10.9. The van der Waals surface area contributed by atoms with E-state index in [1.165, 1.54) is 6.07 Å². The van der Waals surface area contributed by atoms with E-state index in [0.29, 0.717) is 24.5 Å². The molecule has 1 heterocycles. The van der Waals surface area contributed by atoms with Crippen molar-refractivity contribution in [1.29, 1.82) is 0 Å². The van der Waals surface area contributed by atoms with Crippen LogP contribution in [0.15, 0.2) is 59.0 Å². The third-order valence-corrected chi connectivity index (χ3v) is 5.02. The summed E-state index contributed by atoms with van der Waals surface area (Å²) in [5, 5.41) is 7.87. The average molecular weight is 445 g/mol. The molecule has 0 bridgehead atoms. The Kier molecular flexibility index (Phi) is 8.03. The molecule has 3 aromatic rings. The van der Waals surface area contributed by atoms with Gasteiger partial charge in [0.05, 0.1) is 12.0 Å². The molecule has 0 fully saturated rings. The van der Waals surface area contributed by atoms with Crippen molar-refractivity contribution >= 4 is 5.91 Å². The van der Waals surface area contributed by atoms with Crippen LogP contribution in [0.3, 0.4) is 0 Å². The fraction of sp³-hybridized carbons (Fsp3) is 0.375. The van der Waals surface area contributed by atoms with Gasteiger partial charge in [0, 0.05) is 25.9 Å². The van der Waals surface area contributed by atoms with E-state index in [1.807, 2.05) is 35.2 Å². The second-order valence-corrected chi connectivity index (χ2v) is 7.62. The van der Waals surface area contributed by atoms with Crippen LogP contribution in [0.5, 0.6) is 0 Å². The molecule has 0 aliphatic heterocycles. The number of aromatic nitrogens is 2. The van der Waals surface area contributed by atoms with Gasteiger partial charge in [0.1, 0.15) is 0 Å². The van der Waals surface area contributed by atoms with Gasteiger partial charge in [0.2, 0.25) is 17.7 Å². The third kappa shape index (κ3) is 6.93. The molecule has 32 heavy (non-hydrogen) atoms. The maximum Gasteiger partial charge on any atom is 0.416 e. The number of rotatable bonds is 10. The molecule has 1 aromatic heterocycles. The van der Waals surface area contributed by atoms with E-state index in [0.717, 1.165) is 30.5 Å². The highest BCUT2D eigenvalue weighted by Crippen LogP contribution is 2.30. The molecule has 0 saturated heterocycles. The van der Waals surface area contributed by atoms with Gasteiger partial charge in [0.15, 0.2) is 0 Å². The van der Waals surface area contributed by atoms with Crippen LogP contribution in [0.2, 0.25) is 0 Å². The van der Waals surface area contributed by atoms with E-state index in [9.17, 15) is 18.0 Å². The SMILES string of the molecule is CCCCN(Cc1ccccc1)C(=O)CCc1nnc(Cc2cccc(C(F)(F)F)c2)o1. The quantitative estimate of drug-likeness (QED) is 0.417. The maximum absolute atomic E-state index is 12.9. The number of carbonyl (C=O) groups is 1. The summed E-state index contributed by atoms with van der Waals surface area (Å²) >= 11 is 0. The zero-order valence-corrected chi connectivity index (χ0v) is 17.9. The summed E-state index contributed by atoms with van der Waals surface area (Å²) in [6, 6.07) is 14.8. The fourth-order valence-corrected chi connectivity index (χ4v) is 3.31. The van der Waals surface area contributed by atoms with E-state index in [-0.39, 0.29) is 31.1 Å². The first-order valence-electron chi connectivity index (χ1n) is 10.6. The summed E-state index contributed by atoms with van der Waals surface area (Å²) < 4.78 is 44.2. The molecule has 5 nitrogen and oxygen atoms in total. The lowest BCUT2D eigenvalue weighted by Gasteiger charge is -2.22. The van der Waals surface area contributed by atoms with Gasteiger partial charge in [-0.25, -0.2) is 0 Å². The summed E-state index contributed by atoms with van der Waals surface area (Å²) in [7, 11) is 0. The highest BCUT2D eigenvalue weighted by atomic mass is 19.4. The largest absolute Gasteiger partial charge is 0.425 e. The normalized spacial score (nSPS) is 11.5. The first-order valence-corrected chi connectivity index (χ1v) is 10.6. The van der Waals surface area contributed by atoms with Crippen molar-refractivity contribution in [2.45, 2.75) is 51.7 Å². The van der Waals surface area contributed by atoms with E-state index >= 15 is 0 Å². The highest BCUT2D eigenvalue weighted by Gasteiger charge is 2.30. The van der Waals surface area contributed by atoms with Gasteiger partial charge in [0.25, 0.3) is 0 Å². The monoisotopic (exact) mass is 445 g/mol. The summed E-state index contributed by atoms with van der Waals surface area (Å²) in [4.78, 5) is 14.6. The molecule has 0 radical (unpaired) electrons. The van der Waals surface area contributed by atoms with Crippen LogP contribution < -0.4 is 0 Å². The Labute approximate surface area is 185 Å². The molecule has 8 heteroatoms. The van der Waals surface area contributed by atoms with Crippen molar-refractivity contribution < 1.29 is 22.4 Å². The standard InChI is InChI=1S/C24H26F3N3O2/c1-2-3-14-30(17-18-8-5-4-6-9-18)23(31)13-12-21-28-29-22(32-21)16-19-10-7-11-20(15-19)24(25,26)27/h4-11,15H,2-3,12-14,16-17H2,1H3. The van der Waals surface area contributed by atoms with E-state index in [2.05, 4.69) is 17.1 Å². The molecule has 0 unspecified atom stereocenters. The number of benzene rings is 2. The molecule has 3 rings (SSSR count). The Morgan fingerprint density at radius 2 is 1.72 bits per heavy atom. The third-order valence-electron chi connectivity index (χ3n) is 5.02. The summed E-state index contributed by atoms with van der Waals surface area (Å²) in [6.07, 6.45) is -1.89. The molecule has 2 aromatic carbocycles. The Morgan fingerprint density at radius 1 is 1.00 bits per heavy atom. The van der Waals surface area contributed by atoms with Crippen LogP contribution in [0.4, 0.5) is 13.2 Å². The first-order chi connectivity index (χ1) is 15.3. The predicted octanol–water partition coefficient (Wildman–Crippen LogP) is 5.44. The first kappa shape index (κ1) is 23.5. The van der Waals surface area contributed by atoms with Crippen molar-refractivity contribution in [2.75, 3.05) is 6.54 Å². The molecule has 1 amide bonds. The van der Waals surface area contributed by atoms with E-state index in [4.69, 9.17) is 4.42 Å². The van der Waals surface area contributed by atoms with Gasteiger partial charge in [-0.05, 0) is 23.6 Å². The minimum Gasteiger partial charge on any atom is -0.425 e. The topological polar surface area (TPSA) is 59.2 Å². The van der Waals surface area contributed by atoms with Gasteiger partial charge in [-0.3, -0.25) is 4.79 Å². The smallest absolute Gasteiger partial charge is 0.416 e. The lowest BCUT2D eigenvalue weighted by atomic mass is 10.1.